The number of para-hydroxylation sites is 1. The molecule has 26 heavy (non-hydrogen) atoms. The molecule has 2 aromatic carbocycles. The Balaban J connectivity index is 1.59. The quantitative estimate of drug-likeness (QED) is 0.767. The van der Waals surface area contributed by atoms with Gasteiger partial charge >= 0.3 is 0 Å². The van der Waals surface area contributed by atoms with Gasteiger partial charge in [0.2, 0.25) is 5.91 Å². The molecule has 1 N–H and O–H groups in total. The van der Waals surface area contributed by atoms with Gasteiger partial charge in [-0.3, -0.25) is 9.69 Å². The molecule has 0 bridgehead atoms. The molecular weight excluding hydrogens is 324 g/mol. The number of fused-ring (bicyclic) bond motifs is 1. The third-order valence-corrected chi connectivity index (χ3v) is 4.45. The fourth-order valence-electron chi connectivity index (χ4n) is 3.24. The Labute approximate surface area is 152 Å². The van der Waals surface area contributed by atoms with Crippen LogP contribution in [0.5, 0.6) is 0 Å². The molecule has 0 atom stereocenters. The minimum Gasteiger partial charge on any atom is -0.369 e. The second-order valence-corrected chi connectivity index (χ2v) is 6.33. The van der Waals surface area contributed by atoms with Crippen molar-refractivity contribution in [1.82, 2.24) is 9.97 Å². The summed E-state index contributed by atoms with van der Waals surface area (Å²) in [6, 6.07) is 19.9. The summed E-state index contributed by atoms with van der Waals surface area (Å²) in [5.74, 6) is 2.13. The molecule has 1 aliphatic heterocycles. The fraction of sp³-hybridized carbons (Fsp3) is 0.190. The standard InChI is InChI=1S/C21H20N4O/c1-15-23-20(22-13-12-16-8-4-2-5-9-16)18-14-19(26)25(21(18)24-15)17-10-6-3-7-11-17/h2-11H,12-14H2,1H3,(H,22,23,24). The lowest BCUT2D eigenvalue weighted by Crippen LogP contribution is -2.21. The van der Waals surface area contributed by atoms with Crippen LogP contribution in [-0.4, -0.2) is 22.4 Å². The van der Waals surface area contributed by atoms with Crippen molar-refractivity contribution in [1.29, 1.82) is 0 Å². The Kier molecular flexibility index (Phi) is 4.35. The van der Waals surface area contributed by atoms with Gasteiger partial charge in [-0.1, -0.05) is 48.5 Å². The maximum atomic E-state index is 12.6. The predicted octanol–water partition coefficient (Wildman–Crippen LogP) is 3.66. The molecule has 2 heterocycles. The topological polar surface area (TPSA) is 58.1 Å². The van der Waals surface area contributed by atoms with Gasteiger partial charge in [-0.25, -0.2) is 9.97 Å². The van der Waals surface area contributed by atoms with E-state index in [0.29, 0.717) is 18.1 Å². The molecule has 5 heteroatoms. The average Bonchev–Trinajstić information content (AvgIpc) is 2.99. The van der Waals surface area contributed by atoms with E-state index in [2.05, 4.69) is 27.4 Å². The monoisotopic (exact) mass is 344 g/mol. The van der Waals surface area contributed by atoms with Crippen LogP contribution >= 0.6 is 0 Å². The Hall–Kier alpha value is -3.21. The third kappa shape index (κ3) is 3.16. The summed E-state index contributed by atoms with van der Waals surface area (Å²) in [6.07, 6.45) is 1.22. The maximum absolute atomic E-state index is 12.6. The van der Waals surface area contributed by atoms with E-state index in [1.54, 1.807) is 4.90 Å². The Morgan fingerprint density at radius 1 is 1.00 bits per heavy atom. The van der Waals surface area contributed by atoms with Crippen molar-refractivity contribution >= 4 is 23.2 Å². The van der Waals surface area contributed by atoms with Gasteiger partial charge in [0.25, 0.3) is 0 Å². The molecule has 1 aliphatic rings. The minimum atomic E-state index is 0.0252. The summed E-state index contributed by atoms with van der Waals surface area (Å²) in [7, 11) is 0. The molecule has 0 fully saturated rings. The summed E-state index contributed by atoms with van der Waals surface area (Å²) in [4.78, 5) is 23.4. The summed E-state index contributed by atoms with van der Waals surface area (Å²) in [6.45, 7) is 2.61. The molecule has 0 unspecified atom stereocenters. The molecule has 0 spiro atoms. The van der Waals surface area contributed by atoms with Crippen LogP contribution in [0.1, 0.15) is 17.0 Å². The molecule has 1 aromatic heterocycles. The minimum absolute atomic E-state index is 0.0252. The number of rotatable bonds is 5. The lowest BCUT2D eigenvalue weighted by Gasteiger charge is -2.17. The second-order valence-electron chi connectivity index (χ2n) is 6.33. The van der Waals surface area contributed by atoms with Crippen molar-refractivity contribution < 1.29 is 4.79 Å². The maximum Gasteiger partial charge on any atom is 0.237 e. The molecular formula is C21H20N4O. The number of hydrogen-bond donors (Lipinski definition) is 1. The zero-order valence-corrected chi connectivity index (χ0v) is 14.6. The highest BCUT2D eigenvalue weighted by Gasteiger charge is 2.33. The van der Waals surface area contributed by atoms with Crippen molar-refractivity contribution in [2.45, 2.75) is 19.8 Å². The second kappa shape index (κ2) is 6.96. The van der Waals surface area contributed by atoms with Gasteiger partial charge in [0.15, 0.2) is 0 Å². The number of carbonyl (C=O) groups is 1. The molecule has 0 saturated heterocycles. The summed E-state index contributed by atoms with van der Waals surface area (Å²) in [5, 5.41) is 3.40. The van der Waals surface area contributed by atoms with E-state index in [1.807, 2.05) is 55.5 Å². The summed E-state index contributed by atoms with van der Waals surface area (Å²) < 4.78 is 0. The van der Waals surface area contributed by atoms with Crippen LogP contribution < -0.4 is 10.2 Å². The zero-order valence-electron chi connectivity index (χ0n) is 14.6. The molecule has 3 aromatic rings. The molecule has 0 aliphatic carbocycles. The number of aromatic nitrogens is 2. The lowest BCUT2D eigenvalue weighted by molar-refractivity contribution is -0.116. The van der Waals surface area contributed by atoms with E-state index in [-0.39, 0.29) is 5.91 Å². The van der Waals surface area contributed by atoms with Gasteiger partial charge in [-0.05, 0) is 31.0 Å². The predicted molar refractivity (Wildman–Crippen MR) is 103 cm³/mol. The van der Waals surface area contributed by atoms with Crippen molar-refractivity contribution in [3.05, 3.63) is 77.6 Å². The molecule has 1 amide bonds. The molecule has 4 rings (SSSR count). The Bertz CT molecular complexity index is 926. The number of benzene rings is 2. The van der Waals surface area contributed by atoms with Crippen molar-refractivity contribution in [2.24, 2.45) is 0 Å². The number of aryl methyl sites for hydroxylation is 1. The summed E-state index contributed by atoms with van der Waals surface area (Å²) >= 11 is 0. The molecule has 0 saturated carbocycles. The van der Waals surface area contributed by atoms with Gasteiger partial charge in [0.05, 0.1) is 12.1 Å². The van der Waals surface area contributed by atoms with Gasteiger partial charge < -0.3 is 5.32 Å². The number of anilines is 3. The van der Waals surface area contributed by atoms with Crippen LogP contribution in [0.25, 0.3) is 0 Å². The van der Waals surface area contributed by atoms with E-state index >= 15 is 0 Å². The first-order chi connectivity index (χ1) is 12.7. The van der Waals surface area contributed by atoms with Gasteiger partial charge in [-0.15, -0.1) is 0 Å². The van der Waals surface area contributed by atoms with Gasteiger partial charge in [0, 0.05) is 12.1 Å². The van der Waals surface area contributed by atoms with Crippen LogP contribution in [0, 0.1) is 6.92 Å². The van der Waals surface area contributed by atoms with Crippen molar-refractivity contribution in [3.8, 4) is 0 Å². The number of nitrogens with one attached hydrogen (secondary N) is 1. The van der Waals surface area contributed by atoms with E-state index in [1.165, 1.54) is 5.56 Å². The normalized spacial score (nSPS) is 13.0. The highest BCUT2D eigenvalue weighted by atomic mass is 16.2. The smallest absolute Gasteiger partial charge is 0.237 e. The highest BCUT2D eigenvalue weighted by Crippen LogP contribution is 2.36. The third-order valence-electron chi connectivity index (χ3n) is 4.45. The average molecular weight is 344 g/mol. The number of amides is 1. The first-order valence-electron chi connectivity index (χ1n) is 8.75. The van der Waals surface area contributed by atoms with Gasteiger partial charge in [0.1, 0.15) is 17.5 Å². The Morgan fingerprint density at radius 3 is 2.42 bits per heavy atom. The van der Waals surface area contributed by atoms with Crippen LogP contribution in [0.15, 0.2) is 60.7 Å². The highest BCUT2D eigenvalue weighted by molar-refractivity contribution is 6.07. The SMILES string of the molecule is Cc1nc(NCCc2ccccc2)c2c(n1)N(c1ccccc1)C(=O)C2. The number of nitrogens with zero attached hydrogens (tertiary/aromatic N) is 3. The van der Waals surface area contributed by atoms with E-state index in [4.69, 9.17) is 0 Å². The Morgan fingerprint density at radius 2 is 1.69 bits per heavy atom. The van der Waals surface area contributed by atoms with Crippen molar-refractivity contribution in [3.63, 3.8) is 0 Å². The largest absolute Gasteiger partial charge is 0.369 e. The fourth-order valence-corrected chi connectivity index (χ4v) is 3.24. The zero-order chi connectivity index (χ0) is 17.9. The lowest BCUT2D eigenvalue weighted by atomic mass is 10.1. The van der Waals surface area contributed by atoms with Crippen LogP contribution in [0.2, 0.25) is 0 Å². The van der Waals surface area contributed by atoms with E-state index < -0.39 is 0 Å². The van der Waals surface area contributed by atoms with Crippen LogP contribution in [-0.2, 0) is 17.6 Å². The first-order valence-corrected chi connectivity index (χ1v) is 8.75. The van der Waals surface area contributed by atoms with E-state index in [0.717, 1.165) is 30.0 Å². The van der Waals surface area contributed by atoms with Gasteiger partial charge in [-0.2, -0.15) is 0 Å². The molecule has 130 valence electrons. The van der Waals surface area contributed by atoms with Crippen molar-refractivity contribution in [2.75, 3.05) is 16.8 Å². The molecule has 5 nitrogen and oxygen atoms in total. The summed E-state index contributed by atoms with van der Waals surface area (Å²) in [5.41, 5.74) is 2.98. The van der Waals surface area contributed by atoms with Crippen LogP contribution in [0.3, 0.4) is 0 Å². The van der Waals surface area contributed by atoms with Crippen LogP contribution in [0.4, 0.5) is 17.3 Å². The number of carbonyl (C=O) groups excluding carboxylic acids is 1. The van der Waals surface area contributed by atoms with E-state index in [9.17, 15) is 4.79 Å². The number of hydrogen-bond acceptors (Lipinski definition) is 4. The first kappa shape index (κ1) is 16.3. The molecule has 0 radical (unpaired) electrons.